The second-order valence-corrected chi connectivity index (χ2v) is 14.1. The molecule has 0 amide bonds. The fourth-order valence-electron chi connectivity index (χ4n) is 5.20. The Morgan fingerprint density at radius 1 is 1.35 bits per heavy atom. The Balaban J connectivity index is 2.06. The van der Waals surface area contributed by atoms with E-state index >= 15 is 0 Å². The van der Waals surface area contributed by atoms with E-state index in [2.05, 4.69) is 65.6 Å². The topological polar surface area (TPSA) is 26.3 Å². The molecule has 0 aromatic carbocycles. The third kappa shape index (κ3) is 4.59. The van der Waals surface area contributed by atoms with Gasteiger partial charge in [0.1, 0.15) is 5.78 Å². The second kappa shape index (κ2) is 8.14. The van der Waals surface area contributed by atoms with Crippen LogP contribution in [0.15, 0.2) is 23.8 Å². The SMILES string of the molecule is CCC(C=CCC(C)C1=CCC2C(=O)CCCC12C)(CC)O[Si](C)(C)C. The molecular weight excluding hydrogens is 336 g/mol. The molecular formula is C23H40O2Si. The van der Waals surface area contributed by atoms with Crippen molar-refractivity contribution in [1.82, 2.24) is 0 Å². The second-order valence-electron chi connectivity index (χ2n) is 9.71. The van der Waals surface area contributed by atoms with Crippen LogP contribution in [0.1, 0.15) is 72.6 Å². The summed E-state index contributed by atoms with van der Waals surface area (Å²) in [6.07, 6.45) is 14.1. The van der Waals surface area contributed by atoms with Gasteiger partial charge in [0.15, 0.2) is 8.32 Å². The van der Waals surface area contributed by atoms with E-state index in [-0.39, 0.29) is 16.9 Å². The van der Waals surface area contributed by atoms with Crippen molar-refractivity contribution < 1.29 is 9.22 Å². The third-order valence-corrected chi connectivity index (χ3v) is 7.68. The number of carbonyl (C=O) groups is 1. The van der Waals surface area contributed by atoms with Crippen LogP contribution < -0.4 is 0 Å². The van der Waals surface area contributed by atoms with Crippen molar-refractivity contribution in [2.24, 2.45) is 17.3 Å². The van der Waals surface area contributed by atoms with Gasteiger partial charge in [0.2, 0.25) is 0 Å². The highest BCUT2D eigenvalue weighted by Gasteiger charge is 2.47. The predicted molar refractivity (Wildman–Crippen MR) is 114 cm³/mol. The average Bonchev–Trinajstić information content (AvgIpc) is 2.91. The smallest absolute Gasteiger partial charge is 0.184 e. The van der Waals surface area contributed by atoms with Crippen molar-refractivity contribution in [1.29, 1.82) is 0 Å². The highest BCUT2D eigenvalue weighted by Crippen LogP contribution is 2.53. The van der Waals surface area contributed by atoms with Crippen LogP contribution in [0, 0.1) is 17.3 Å². The molecule has 0 bridgehead atoms. The minimum atomic E-state index is -1.58. The van der Waals surface area contributed by atoms with Gasteiger partial charge in [-0.3, -0.25) is 4.79 Å². The lowest BCUT2D eigenvalue weighted by atomic mass is 9.63. The van der Waals surface area contributed by atoms with Gasteiger partial charge < -0.3 is 4.43 Å². The molecule has 0 aromatic rings. The van der Waals surface area contributed by atoms with Crippen molar-refractivity contribution in [3.05, 3.63) is 23.8 Å². The molecule has 0 aromatic heterocycles. The van der Waals surface area contributed by atoms with Gasteiger partial charge in [-0.25, -0.2) is 0 Å². The van der Waals surface area contributed by atoms with Crippen molar-refractivity contribution in [2.45, 2.75) is 97.9 Å². The van der Waals surface area contributed by atoms with Gasteiger partial charge in [-0.05, 0) is 69.5 Å². The quantitative estimate of drug-likeness (QED) is 0.348. The van der Waals surface area contributed by atoms with E-state index in [0.717, 1.165) is 38.5 Å². The first-order valence-electron chi connectivity index (χ1n) is 10.7. The zero-order valence-corrected chi connectivity index (χ0v) is 19.2. The summed E-state index contributed by atoms with van der Waals surface area (Å²) >= 11 is 0. The molecule has 2 nitrogen and oxygen atoms in total. The lowest BCUT2D eigenvalue weighted by molar-refractivity contribution is -0.128. The number of allylic oxidation sites excluding steroid dienone is 3. The maximum Gasteiger partial charge on any atom is 0.184 e. The Morgan fingerprint density at radius 2 is 2.00 bits per heavy atom. The largest absolute Gasteiger partial charge is 0.409 e. The van der Waals surface area contributed by atoms with Gasteiger partial charge in [0, 0.05) is 12.3 Å². The van der Waals surface area contributed by atoms with Gasteiger partial charge in [-0.1, -0.05) is 51.5 Å². The molecule has 1 fully saturated rings. The van der Waals surface area contributed by atoms with Gasteiger partial charge >= 0.3 is 0 Å². The van der Waals surface area contributed by atoms with E-state index in [1.54, 1.807) is 0 Å². The molecule has 0 heterocycles. The van der Waals surface area contributed by atoms with Crippen LogP contribution in [0.5, 0.6) is 0 Å². The highest BCUT2D eigenvalue weighted by atomic mass is 28.4. The molecule has 0 saturated heterocycles. The van der Waals surface area contributed by atoms with Crippen molar-refractivity contribution in [3.63, 3.8) is 0 Å². The van der Waals surface area contributed by atoms with Crippen LogP contribution in [0.4, 0.5) is 0 Å². The van der Waals surface area contributed by atoms with Crippen LogP contribution >= 0.6 is 0 Å². The summed E-state index contributed by atoms with van der Waals surface area (Å²) < 4.78 is 6.54. The number of ketones is 1. The Bertz CT molecular complexity index is 565. The zero-order valence-electron chi connectivity index (χ0n) is 18.2. The average molecular weight is 377 g/mol. The van der Waals surface area contributed by atoms with Crippen molar-refractivity contribution in [3.8, 4) is 0 Å². The maximum absolute atomic E-state index is 12.3. The summed E-state index contributed by atoms with van der Waals surface area (Å²) in [7, 11) is -1.58. The third-order valence-electron chi connectivity index (χ3n) is 6.66. The molecule has 0 spiro atoms. The summed E-state index contributed by atoms with van der Waals surface area (Å²) in [4.78, 5) is 12.3. The Morgan fingerprint density at radius 3 is 2.58 bits per heavy atom. The summed E-state index contributed by atoms with van der Waals surface area (Å²) in [6, 6.07) is 0. The van der Waals surface area contributed by atoms with E-state index in [9.17, 15) is 4.79 Å². The van der Waals surface area contributed by atoms with E-state index < -0.39 is 8.32 Å². The van der Waals surface area contributed by atoms with E-state index in [4.69, 9.17) is 4.43 Å². The van der Waals surface area contributed by atoms with Crippen molar-refractivity contribution >= 4 is 14.1 Å². The minimum absolute atomic E-state index is 0.110. The maximum atomic E-state index is 12.3. The standard InChI is InChI=1S/C23H40O2Si/c1-8-23(9-2,25-26(5,6)7)17-10-12-18(3)19-14-15-20-21(24)13-11-16-22(19,20)4/h10,14,17-18,20H,8-9,11-13,15-16H2,1-7H3. The molecule has 26 heavy (non-hydrogen) atoms. The number of carbonyl (C=O) groups excluding carboxylic acids is 1. The fraction of sp³-hybridized carbons (Fsp3) is 0.783. The first-order chi connectivity index (χ1) is 12.1. The molecule has 2 rings (SSSR count). The number of hydrogen-bond acceptors (Lipinski definition) is 2. The van der Waals surface area contributed by atoms with Gasteiger partial charge in [-0.15, -0.1) is 0 Å². The number of rotatable bonds is 8. The van der Waals surface area contributed by atoms with Crippen LogP contribution in [0.25, 0.3) is 0 Å². The Labute approximate surface area is 162 Å². The van der Waals surface area contributed by atoms with Crippen LogP contribution in [0.2, 0.25) is 19.6 Å². The normalized spacial score (nSPS) is 28.3. The fourth-order valence-corrected chi connectivity index (χ4v) is 6.78. The minimum Gasteiger partial charge on any atom is -0.409 e. The molecule has 148 valence electrons. The molecule has 3 heteroatoms. The van der Waals surface area contributed by atoms with Crippen LogP contribution in [-0.4, -0.2) is 19.7 Å². The van der Waals surface area contributed by atoms with Crippen molar-refractivity contribution in [2.75, 3.05) is 0 Å². The first kappa shape index (κ1) is 21.6. The Hall–Kier alpha value is -0.673. The molecule has 0 aliphatic heterocycles. The molecule has 1 saturated carbocycles. The lowest BCUT2D eigenvalue weighted by Crippen LogP contribution is -2.40. The van der Waals surface area contributed by atoms with E-state index in [0.29, 0.717) is 11.7 Å². The number of Topliss-reactive ketones (excluding diaryl/α,β-unsaturated/α-hetero) is 1. The summed E-state index contributed by atoms with van der Waals surface area (Å²) in [5.41, 5.74) is 1.54. The lowest BCUT2D eigenvalue weighted by Gasteiger charge is -2.40. The first-order valence-corrected chi connectivity index (χ1v) is 14.1. The molecule has 3 unspecified atom stereocenters. The van der Waals surface area contributed by atoms with Crippen LogP contribution in [-0.2, 0) is 9.22 Å². The Kier molecular flexibility index (Phi) is 6.77. The van der Waals surface area contributed by atoms with Gasteiger partial charge in [0.25, 0.3) is 0 Å². The summed E-state index contributed by atoms with van der Waals surface area (Å²) in [6.45, 7) is 16.0. The molecule has 3 atom stereocenters. The zero-order chi connectivity index (χ0) is 19.6. The van der Waals surface area contributed by atoms with Crippen LogP contribution in [0.3, 0.4) is 0 Å². The summed E-state index contributed by atoms with van der Waals surface area (Å²) in [5, 5.41) is 0. The van der Waals surface area contributed by atoms with E-state index in [1.807, 2.05) is 0 Å². The van der Waals surface area contributed by atoms with Gasteiger partial charge in [0.05, 0.1) is 5.60 Å². The highest BCUT2D eigenvalue weighted by molar-refractivity contribution is 6.69. The summed E-state index contributed by atoms with van der Waals surface area (Å²) in [5.74, 6) is 1.25. The monoisotopic (exact) mass is 376 g/mol. The molecule has 2 aliphatic carbocycles. The number of fused-ring (bicyclic) bond motifs is 1. The predicted octanol–water partition coefficient (Wildman–Crippen LogP) is 6.68. The van der Waals surface area contributed by atoms with Gasteiger partial charge in [-0.2, -0.15) is 0 Å². The number of hydrogen-bond donors (Lipinski definition) is 0. The van der Waals surface area contributed by atoms with E-state index in [1.165, 1.54) is 12.0 Å². The molecule has 2 aliphatic rings. The molecule has 0 N–H and O–H groups in total. The molecule has 0 radical (unpaired) electrons.